The molecular formula is C21H23N7O. The van der Waals surface area contributed by atoms with Crippen molar-refractivity contribution in [2.45, 2.75) is 20.3 Å². The van der Waals surface area contributed by atoms with Crippen LogP contribution in [0.5, 0.6) is 0 Å². The van der Waals surface area contributed by atoms with Crippen molar-refractivity contribution in [1.82, 2.24) is 24.0 Å². The van der Waals surface area contributed by atoms with Crippen LogP contribution >= 0.6 is 0 Å². The maximum absolute atomic E-state index is 12.8. The van der Waals surface area contributed by atoms with Gasteiger partial charge in [-0.15, -0.1) is 0 Å². The van der Waals surface area contributed by atoms with E-state index in [2.05, 4.69) is 20.0 Å². The third-order valence-electron chi connectivity index (χ3n) is 5.65. The van der Waals surface area contributed by atoms with Gasteiger partial charge in [-0.1, -0.05) is 0 Å². The molecule has 8 nitrogen and oxygen atoms in total. The van der Waals surface area contributed by atoms with E-state index in [9.17, 15) is 4.79 Å². The highest BCUT2D eigenvalue weighted by molar-refractivity contribution is 5.66. The molecule has 0 amide bonds. The second-order valence-corrected chi connectivity index (χ2v) is 7.76. The Kier molecular flexibility index (Phi) is 4.09. The van der Waals surface area contributed by atoms with Gasteiger partial charge in [-0.3, -0.25) is 14.2 Å². The Labute approximate surface area is 167 Å². The van der Waals surface area contributed by atoms with E-state index in [0.29, 0.717) is 29.5 Å². The SMILES string of the molecule is Cc1cn2nc(-c3cc(=O)n4cc(N5CC[C@H](CN)C5)ccc4n3)cc2c(C)n1. The van der Waals surface area contributed by atoms with Crippen molar-refractivity contribution in [1.29, 1.82) is 0 Å². The Balaban J connectivity index is 1.56. The van der Waals surface area contributed by atoms with E-state index in [1.807, 2.05) is 44.4 Å². The van der Waals surface area contributed by atoms with Gasteiger partial charge in [-0.05, 0) is 50.9 Å². The van der Waals surface area contributed by atoms with Crippen molar-refractivity contribution in [2.75, 3.05) is 24.5 Å². The molecule has 0 bridgehead atoms. The molecule has 5 rings (SSSR count). The van der Waals surface area contributed by atoms with Gasteiger partial charge in [0, 0.05) is 25.4 Å². The van der Waals surface area contributed by atoms with Gasteiger partial charge < -0.3 is 10.6 Å². The Hall–Kier alpha value is -3.26. The molecule has 1 atom stereocenters. The first kappa shape index (κ1) is 17.8. The highest BCUT2D eigenvalue weighted by Crippen LogP contribution is 2.24. The molecular weight excluding hydrogens is 366 g/mol. The number of nitrogens with zero attached hydrogens (tertiary/aromatic N) is 6. The van der Waals surface area contributed by atoms with Crippen LogP contribution in [0.4, 0.5) is 5.69 Å². The quantitative estimate of drug-likeness (QED) is 0.574. The highest BCUT2D eigenvalue weighted by atomic mass is 16.1. The molecule has 148 valence electrons. The summed E-state index contributed by atoms with van der Waals surface area (Å²) in [5.74, 6) is 0.513. The zero-order valence-electron chi connectivity index (χ0n) is 16.5. The van der Waals surface area contributed by atoms with E-state index in [1.54, 1.807) is 15.0 Å². The predicted molar refractivity (Wildman–Crippen MR) is 112 cm³/mol. The molecule has 0 radical (unpaired) electrons. The van der Waals surface area contributed by atoms with E-state index >= 15 is 0 Å². The second kappa shape index (κ2) is 6.66. The van der Waals surface area contributed by atoms with Crippen molar-refractivity contribution < 1.29 is 0 Å². The molecule has 5 heterocycles. The lowest BCUT2D eigenvalue weighted by atomic mass is 10.1. The number of hydrogen-bond donors (Lipinski definition) is 1. The lowest BCUT2D eigenvalue weighted by molar-refractivity contribution is 0.602. The summed E-state index contributed by atoms with van der Waals surface area (Å²) in [6, 6.07) is 7.38. The first-order chi connectivity index (χ1) is 14.0. The zero-order chi connectivity index (χ0) is 20.1. The number of fused-ring (bicyclic) bond motifs is 2. The molecule has 4 aromatic heterocycles. The van der Waals surface area contributed by atoms with Crippen LogP contribution in [0.25, 0.3) is 22.6 Å². The summed E-state index contributed by atoms with van der Waals surface area (Å²) in [5, 5.41) is 4.60. The van der Waals surface area contributed by atoms with Crippen LogP contribution in [0.2, 0.25) is 0 Å². The molecule has 8 heteroatoms. The van der Waals surface area contributed by atoms with Gasteiger partial charge in [-0.25, -0.2) is 9.50 Å². The fourth-order valence-electron chi connectivity index (χ4n) is 4.09. The minimum absolute atomic E-state index is 0.121. The van der Waals surface area contributed by atoms with Gasteiger partial charge in [0.2, 0.25) is 0 Å². The summed E-state index contributed by atoms with van der Waals surface area (Å²) in [7, 11) is 0. The topological polar surface area (TPSA) is 93.8 Å². The first-order valence-electron chi connectivity index (χ1n) is 9.84. The number of aryl methyl sites for hydroxylation is 2. The number of anilines is 1. The molecule has 4 aromatic rings. The Morgan fingerprint density at radius 1 is 1.14 bits per heavy atom. The van der Waals surface area contributed by atoms with Crippen molar-refractivity contribution >= 4 is 16.9 Å². The van der Waals surface area contributed by atoms with Crippen molar-refractivity contribution in [3.05, 3.63) is 58.4 Å². The van der Waals surface area contributed by atoms with E-state index < -0.39 is 0 Å². The number of aromatic nitrogens is 5. The fourth-order valence-corrected chi connectivity index (χ4v) is 4.09. The molecule has 1 aliphatic rings. The molecule has 1 aliphatic heterocycles. The van der Waals surface area contributed by atoms with Crippen LogP contribution in [0.3, 0.4) is 0 Å². The van der Waals surface area contributed by atoms with Crippen LogP contribution in [-0.4, -0.2) is 43.6 Å². The molecule has 2 N–H and O–H groups in total. The molecule has 0 spiro atoms. The monoisotopic (exact) mass is 389 g/mol. The van der Waals surface area contributed by atoms with Crippen LogP contribution in [-0.2, 0) is 0 Å². The third-order valence-corrected chi connectivity index (χ3v) is 5.65. The molecule has 29 heavy (non-hydrogen) atoms. The van der Waals surface area contributed by atoms with Crippen LogP contribution in [0.15, 0.2) is 41.5 Å². The van der Waals surface area contributed by atoms with Crippen LogP contribution < -0.4 is 16.2 Å². The van der Waals surface area contributed by atoms with E-state index in [-0.39, 0.29) is 5.56 Å². The van der Waals surface area contributed by atoms with Crippen LogP contribution in [0, 0.1) is 19.8 Å². The molecule has 1 fully saturated rings. The van der Waals surface area contributed by atoms with Gasteiger partial charge in [-0.2, -0.15) is 5.10 Å². The minimum atomic E-state index is -0.121. The van der Waals surface area contributed by atoms with Gasteiger partial charge in [0.1, 0.15) is 11.3 Å². The largest absolute Gasteiger partial charge is 0.370 e. The summed E-state index contributed by atoms with van der Waals surface area (Å²) in [6.07, 6.45) is 4.83. The number of rotatable bonds is 3. The fraction of sp³-hybridized carbons (Fsp3) is 0.333. The standard InChI is InChI=1S/C21H23N7O/c1-13-10-28-19(14(2)23-13)7-18(25-28)17-8-21(29)27-12-16(3-4-20(27)24-17)26-6-5-15(9-22)11-26/h3-4,7-8,10,12,15H,5-6,9,11,22H2,1-2H3/t15-/m1/s1. The summed E-state index contributed by atoms with van der Waals surface area (Å²) in [5.41, 5.74) is 11.2. The second-order valence-electron chi connectivity index (χ2n) is 7.76. The van der Waals surface area contributed by atoms with E-state index in [1.165, 1.54) is 0 Å². The van der Waals surface area contributed by atoms with Crippen molar-refractivity contribution in [3.8, 4) is 11.4 Å². The smallest absolute Gasteiger partial charge is 0.258 e. The number of hydrogen-bond acceptors (Lipinski definition) is 6. The zero-order valence-corrected chi connectivity index (χ0v) is 16.5. The maximum Gasteiger partial charge on any atom is 0.258 e. The Bertz CT molecular complexity index is 1290. The highest BCUT2D eigenvalue weighted by Gasteiger charge is 2.22. The normalized spacial score (nSPS) is 16.9. The molecule has 0 saturated carbocycles. The van der Waals surface area contributed by atoms with E-state index in [4.69, 9.17) is 5.73 Å². The van der Waals surface area contributed by atoms with Gasteiger partial charge in [0.25, 0.3) is 5.56 Å². The van der Waals surface area contributed by atoms with E-state index in [0.717, 1.165) is 42.1 Å². The lowest BCUT2D eigenvalue weighted by Gasteiger charge is -2.19. The summed E-state index contributed by atoms with van der Waals surface area (Å²) >= 11 is 0. The maximum atomic E-state index is 12.8. The summed E-state index contributed by atoms with van der Waals surface area (Å²) < 4.78 is 3.39. The predicted octanol–water partition coefficient (Wildman–Crippen LogP) is 1.81. The first-order valence-corrected chi connectivity index (χ1v) is 9.84. The summed E-state index contributed by atoms with van der Waals surface area (Å²) in [4.78, 5) is 24.3. The van der Waals surface area contributed by atoms with Gasteiger partial charge >= 0.3 is 0 Å². The Morgan fingerprint density at radius 2 is 2.00 bits per heavy atom. The lowest BCUT2D eigenvalue weighted by Crippen LogP contribution is -2.24. The molecule has 0 aromatic carbocycles. The van der Waals surface area contributed by atoms with Crippen molar-refractivity contribution in [2.24, 2.45) is 11.7 Å². The van der Waals surface area contributed by atoms with Crippen LogP contribution in [0.1, 0.15) is 17.8 Å². The van der Waals surface area contributed by atoms with Gasteiger partial charge in [0.15, 0.2) is 0 Å². The minimum Gasteiger partial charge on any atom is -0.370 e. The Morgan fingerprint density at radius 3 is 2.79 bits per heavy atom. The number of nitrogens with two attached hydrogens (primary N) is 1. The average molecular weight is 389 g/mol. The molecule has 0 unspecified atom stereocenters. The average Bonchev–Trinajstić information content (AvgIpc) is 3.35. The molecule has 0 aliphatic carbocycles. The van der Waals surface area contributed by atoms with Gasteiger partial charge in [0.05, 0.1) is 34.5 Å². The molecule has 1 saturated heterocycles. The number of pyridine rings is 1. The van der Waals surface area contributed by atoms with Crippen molar-refractivity contribution in [3.63, 3.8) is 0 Å². The summed E-state index contributed by atoms with van der Waals surface area (Å²) in [6.45, 7) is 6.47. The third kappa shape index (κ3) is 3.05.